The first kappa shape index (κ1) is 27.1. The van der Waals surface area contributed by atoms with Gasteiger partial charge in [0, 0.05) is 0 Å². The molecule has 37 heavy (non-hydrogen) atoms. The van der Waals surface area contributed by atoms with Crippen molar-refractivity contribution in [3.8, 4) is 0 Å². The van der Waals surface area contributed by atoms with Crippen LogP contribution in [0.2, 0.25) is 5.36 Å². The van der Waals surface area contributed by atoms with Gasteiger partial charge >= 0.3 is 146 Å². The van der Waals surface area contributed by atoms with Crippen LogP contribution in [0.3, 0.4) is 0 Å². The minimum absolute atomic E-state index is 0.0181. The van der Waals surface area contributed by atoms with Crippen LogP contribution in [0.5, 0.6) is 0 Å². The van der Waals surface area contributed by atoms with Gasteiger partial charge in [-0.15, -0.1) is 0 Å². The first-order valence-corrected chi connectivity index (χ1v) is 13.9. The van der Waals surface area contributed by atoms with E-state index in [0.29, 0.717) is 41.5 Å². The van der Waals surface area contributed by atoms with Gasteiger partial charge in [-0.2, -0.15) is 0 Å². The van der Waals surface area contributed by atoms with Gasteiger partial charge in [0.15, 0.2) is 0 Å². The predicted octanol–water partition coefficient (Wildman–Crippen LogP) is 3.22. The zero-order chi connectivity index (χ0) is 26.0. The Morgan fingerprint density at radius 1 is 0.703 bits per heavy atom. The van der Waals surface area contributed by atoms with E-state index in [9.17, 15) is 18.2 Å². The molecule has 2 atom stereocenters. The van der Waals surface area contributed by atoms with Gasteiger partial charge < -0.3 is 9.47 Å². The quantitative estimate of drug-likeness (QED) is 0.141. The van der Waals surface area contributed by atoms with E-state index in [1.807, 2.05) is 0 Å². The van der Waals surface area contributed by atoms with Crippen molar-refractivity contribution in [2.24, 2.45) is 0 Å². The Morgan fingerprint density at radius 2 is 1.19 bits per heavy atom. The molecule has 2 aliphatic rings. The van der Waals surface area contributed by atoms with Crippen molar-refractivity contribution < 1.29 is 55.5 Å². The number of carbonyl (C=O) groups excluding carboxylic acids is 3. The zero-order valence-corrected chi connectivity index (χ0v) is 21.4. The molecule has 2 saturated heterocycles. The Balaban J connectivity index is 1.11. The Morgan fingerprint density at radius 3 is 1.76 bits per heavy atom. The largest absolute Gasteiger partial charge is 0.459 e. The van der Waals surface area contributed by atoms with Gasteiger partial charge in [0.05, 0.1) is 17.7 Å². The fourth-order valence-electron chi connectivity index (χ4n) is 3.43. The number of hydrogen-bond acceptors (Lipinski definition) is 9. The summed E-state index contributed by atoms with van der Waals surface area (Å²) in [7, 11) is 0. The number of ether oxygens (including phenoxy) is 5. The van der Waals surface area contributed by atoms with Crippen molar-refractivity contribution in [2.75, 3.05) is 33.0 Å². The van der Waals surface area contributed by atoms with E-state index in [4.69, 9.17) is 23.7 Å². The molecule has 2 fully saturated rings. The third-order valence-corrected chi connectivity index (χ3v) is 7.57. The van der Waals surface area contributed by atoms with Crippen molar-refractivity contribution in [1.29, 1.82) is 0 Å². The van der Waals surface area contributed by atoms with E-state index in [2.05, 4.69) is 0 Å². The summed E-state index contributed by atoms with van der Waals surface area (Å²) >= 11 is -1.69. The average molecular weight is 557 g/mol. The van der Waals surface area contributed by atoms with Gasteiger partial charge in [-0.05, 0) is 12.1 Å². The van der Waals surface area contributed by atoms with Crippen LogP contribution in [0, 0.1) is 0 Å². The number of carbonyl (C=O) groups is 3. The maximum absolute atomic E-state index is 12.5. The van der Waals surface area contributed by atoms with E-state index < -0.39 is 31.5 Å². The molecule has 201 valence electrons. The standard InChI is InChI=1S/C24H25O7.C3H5O.Co.O/c25-22(18-10-4-3-5-11-18)28-14-8-1-2-9-15-29-23(26)20-12-6-7-13-21(20)24(27)31-17-19-16-30-19;1-3-2-4-3;;/h3-7,10,12-13,19H,1-2,8-9,14-17H2;3H,1-2H2;;. The Bertz CT molecular complexity index is 1120. The predicted molar refractivity (Wildman–Crippen MR) is 127 cm³/mol. The van der Waals surface area contributed by atoms with E-state index in [-0.39, 0.29) is 43.2 Å². The average Bonchev–Trinajstić information content (AvgIpc) is 3.85. The molecular formula is C27H30CoO9. The summed E-state index contributed by atoms with van der Waals surface area (Å²) in [5.41, 5.74) is 0.671. The Hall–Kier alpha value is -2.92. The molecule has 0 radical (unpaired) electrons. The molecule has 2 unspecified atom stereocenters. The van der Waals surface area contributed by atoms with Crippen molar-refractivity contribution >= 4 is 22.4 Å². The molecule has 0 saturated carbocycles. The second-order valence-corrected chi connectivity index (χ2v) is 10.5. The number of hydrogen-bond donors (Lipinski definition) is 0. The molecule has 0 amide bonds. The number of epoxide rings is 2. The van der Waals surface area contributed by atoms with Crippen LogP contribution < -0.4 is 4.50 Å². The monoisotopic (exact) mass is 557 g/mol. The number of esters is 3. The first-order valence-electron chi connectivity index (χ1n) is 12.2. The Kier molecular flexibility index (Phi) is 9.95. The molecule has 0 bridgehead atoms. The van der Waals surface area contributed by atoms with Crippen molar-refractivity contribution in [1.82, 2.24) is 0 Å². The molecule has 0 N–H and O–H groups in total. The Labute approximate surface area is 219 Å². The molecule has 2 aliphatic heterocycles. The van der Waals surface area contributed by atoms with Gasteiger partial charge in [0.25, 0.3) is 0 Å². The maximum atomic E-state index is 12.5. The molecule has 10 heteroatoms. The summed E-state index contributed by atoms with van der Waals surface area (Å²) in [5.74, 6) is -1.64. The summed E-state index contributed by atoms with van der Waals surface area (Å²) in [5, 5.41) is 0.410. The van der Waals surface area contributed by atoms with Crippen molar-refractivity contribution in [2.45, 2.75) is 43.2 Å². The molecule has 2 aromatic rings. The van der Waals surface area contributed by atoms with Gasteiger partial charge in [0.1, 0.15) is 12.7 Å². The minimum Gasteiger partial charge on any atom is -0.459 e. The fourth-order valence-corrected chi connectivity index (χ4v) is 5.13. The fraction of sp³-hybridized carbons (Fsp3) is 0.444. The van der Waals surface area contributed by atoms with Crippen LogP contribution in [-0.2, 0) is 41.1 Å². The molecule has 9 nitrogen and oxygen atoms in total. The SMILES string of the molecule is O=C(OCCCCCCOC(=O)c1cccc[c]1[Co](=[O])[CH2]C1CO1)c1ccccc1C(=O)OCC1CO1. The summed E-state index contributed by atoms with van der Waals surface area (Å²) in [6, 6.07) is 13.2. The van der Waals surface area contributed by atoms with Crippen LogP contribution in [0.1, 0.15) is 56.8 Å². The molecule has 2 aromatic carbocycles. The topological polar surface area (TPSA) is 121 Å². The van der Waals surface area contributed by atoms with Crippen LogP contribution in [0.4, 0.5) is 0 Å². The second kappa shape index (κ2) is 13.6. The second-order valence-electron chi connectivity index (χ2n) is 8.61. The minimum atomic E-state index is -1.69. The summed E-state index contributed by atoms with van der Waals surface area (Å²) in [6.07, 6.45) is 2.82. The van der Waals surface area contributed by atoms with Gasteiger partial charge in [0.2, 0.25) is 0 Å². The molecule has 4 rings (SSSR count). The van der Waals surface area contributed by atoms with E-state index >= 15 is 0 Å². The molecule has 0 aromatic heterocycles. The normalized spacial score (nSPS) is 18.0. The summed E-state index contributed by atoms with van der Waals surface area (Å²) in [4.78, 5) is 37.2. The summed E-state index contributed by atoms with van der Waals surface area (Å²) in [6.45, 7) is 1.82. The van der Waals surface area contributed by atoms with Crippen molar-refractivity contribution in [3.63, 3.8) is 0 Å². The number of unbranched alkanes of at least 4 members (excludes halogenated alkanes) is 3. The first-order chi connectivity index (χ1) is 18.0. The smallest absolute Gasteiger partial charge is 0.339 e. The van der Waals surface area contributed by atoms with Gasteiger partial charge in [-0.1, -0.05) is 12.1 Å². The third-order valence-electron chi connectivity index (χ3n) is 5.63. The molecule has 0 aliphatic carbocycles. The van der Waals surface area contributed by atoms with Gasteiger partial charge in [-0.25, -0.2) is 9.59 Å². The van der Waals surface area contributed by atoms with Crippen LogP contribution >= 0.6 is 0 Å². The van der Waals surface area contributed by atoms with E-state index in [1.165, 1.54) is 12.1 Å². The van der Waals surface area contributed by atoms with Crippen molar-refractivity contribution in [3.05, 3.63) is 65.2 Å². The maximum Gasteiger partial charge on any atom is 0.339 e. The third kappa shape index (κ3) is 8.56. The van der Waals surface area contributed by atoms with E-state index in [0.717, 1.165) is 12.8 Å². The van der Waals surface area contributed by atoms with Crippen LogP contribution in [0.25, 0.3) is 0 Å². The van der Waals surface area contributed by atoms with Gasteiger partial charge in [-0.3, -0.25) is 0 Å². The zero-order valence-electron chi connectivity index (χ0n) is 20.4. The molecule has 0 spiro atoms. The number of rotatable bonds is 15. The molecule has 2 heterocycles. The van der Waals surface area contributed by atoms with Crippen LogP contribution in [-0.4, -0.2) is 63.2 Å². The van der Waals surface area contributed by atoms with E-state index in [1.54, 1.807) is 36.4 Å². The summed E-state index contributed by atoms with van der Waals surface area (Å²) < 4.78 is 39.1. The van der Waals surface area contributed by atoms with Crippen LogP contribution in [0.15, 0.2) is 48.5 Å². The molecular weight excluding hydrogens is 527 g/mol. The number of benzene rings is 2.